The van der Waals surface area contributed by atoms with Gasteiger partial charge in [0.25, 0.3) is 0 Å². The van der Waals surface area contributed by atoms with Gasteiger partial charge in [-0.25, -0.2) is 4.79 Å². The van der Waals surface area contributed by atoms with Crippen LogP contribution in [0.3, 0.4) is 0 Å². The SMILES string of the molecule is O=C(O)CC(O)CNC(=O)OCc1ccccc1. The molecule has 0 aromatic heterocycles. The van der Waals surface area contributed by atoms with Crippen molar-refractivity contribution in [1.82, 2.24) is 5.32 Å². The molecule has 1 aromatic carbocycles. The molecule has 1 atom stereocenters. The number of hydrogen-bond acceptors (Lipinski definition) is 4. The second-order valence-electron chi connectivity index (χ2n) is 3.69. The van der Waals surface area contributed by atoms with E-state index < -0.39 is 24.6 Å². The van der Waals surface area contributed by atoms with Crippen molar-refractivity contribution in [2.45, 2.75) is 19.1 Å². The Morgan fingerprint density at radius 3 is 2.56 bits per heavy atom. The van der Waals surface area contributed by atoms with Crippen LogP contribution in [0, 0.1) is 0 Å². The highest BCUT2D eigenvalue weighted by Crippen LogP contribution is 2.00. The van der Waals surface area contributed by atoms with Gasteiger partial charge in [0, 0.05) is 6.54 Å². The predicted molar refractivity (Wildman–Crippen MR) is 62.9 cm³/mol. The van der Waals surface area contributed by atoms with Crippen LogP contribution in [-0.4, -0.2) is 34.9 Å². The van der Waals surface area contributed by atoms with Crippen molar-refractivity contribution < 1.29 is 24.5 Å². The molecule has 6 heteroatoms. The van der Waals surface area contributed by atoms with E-state index in [4.69, 9.17) is 9.84 Å². The molecule has 1 rings (SSSR count). The molecule has 0 aliphatic rings. The lowest BCUT2D eigenvalue weighted by Gasteiger charge is -2.10. The molecule has 98 valence electrons. The van der Waals surface area contributed by atoms with E-state index >= 15 is 0 Å². The number of hydrogen-bond donors (Lipinski definition) is 3. The molecule has 18 heavy (non-hydrogen) atoms. The number of amides is 1. The van der Waals surface area contributed by atoms with Gasteiger partial charge in [0.15, 0.2) is 0 Å². The van der Waals surface area contributed by atoms with E-state index in [1.54, 1.807) is 0 Å². The average Bonchev–Trinajstić information content (AvgIpc) is 2.34. The minimum atomic E-state index is -1.12. The second kappa shape index (κ2) is 7.29. The van der Waals surface area contributed by atoms with Crippen LogP contribution in [0.1, 0.15) is 12.0 Å². The van der Waals surface area contributed by atoms with Crippen LogP contribution in [0.4, 0.5) is 4.79 Å². The Bertz CT molecular complexity index is 393. The third kappa shape index (κ3) is 5.86. The Kier molecular flexibility index (Phi) is 5.66. The van der Waals surface area contributed by atoms with Crippen LogP contribution in [0.2, 0.25) is 0 Å². The van der Waals surface area contributed by atoms with Crippen molar-refractivity contribution in [3.8, 4) is 0 Å². The van der Waals surface area contributed by atoms with E-state index in [0.717, 1.165) is 5.56 Å². The van der Waals surface area contributed by atoms with E-state index in [1.807, 2.05) is 30.3 Å². The molecule has 0 spiro atoms. The summed E-state index contributed by atoms with van der Waals surface area (Å²) in [5.74, 6) is -1.12. The molecule has 1 unspecified atom stereocenters. The maximum absolute atomic E-state index is 11.2. The number of aliphatic carboxylic acids is 1. The number of nitrogens with one attached hydrogen (secondary N) is 1. The van der Waals surface area contributed by atoms with Gasteiger partial charge in [0.05, 0.1) is 12.5 Å². The summed E-state index contributed by atoms with van der Waals surface area (Å²) in [7, 11) is 0. The Morgan fingerprint density at radius 2 is 1.94 bits per heavy atom. The molecular formula is C12H15NO5. The van der Waals surface area contributed by atoms with E-state index in [1.165, 1.54) is 0 Å². The van der Waals surface area contributed by atoms with Crippen LogP contribution in [0.5, 0.6) is 0 Å². The zero-order valence-corrected chi connectivity index (χ0v) is 9.70. The Labute approximate surface area is 104 Å². The van der Waals surface area contributed by atoms with Gasteiger partial charge in [-0.3, -0.25) is 4.79 Å². The van der Waals surface area contributed by atoms with Gasteiger partial charge in [-0.1, -0.05) is 30.3 Å². The van der Waals surface area contributed by atoms with Gasteiger partial charge < -0.3 is 20.3 Å². The topological polar surface area (TPSA) is 95.9 Å². The summed E-state index contributed by atoms with van der Waals surface area (Å²) in [5, 5.41) is 19.9. The zero-order valence-electron chi connectivity index (χ0n) is 9.70. The van der Waals surface area contributed by atoms with Crippen molar-refractivity contribution >= 4 is 12.1 Å². The number of benzene rings is 1. The van der Waals surface area contributed by atoms with Crippen LogP contribution < -0.4 is 5.32 Å². The zero-order chi connectivity index (χ0) is 13.4. The quantitative estimate of drug-likeness (QED) is 0.695. The van der Waals surface area contributed by atoms with Crippen LogP contribution in [0.25, 0.3) is 0 Å². The minimum Gasteiger partial charge on any atom is -0.481 e. The number of ether oxygens (including phenoxy) is 1. The van der Waals surface area contributed by atoms with Crippen molar-refractivity contribution in [3.63, 3.8) is 0 Å². The molecule has 1 aromatic rings. The second-order valence-corrected chi connectivity index (χ2v) is 3.69. The number of aliphatic hydroxyl groups excluding tert-OH is 1. The standard InChI is InChI=1S/C12H15NO5/c14-10(6-11(15)16)7-13-12(17)18-8-9-4-2-1-3-5-9/h1-5,10,14H,6-8H2,(H,13,17)(H,15,16). The molecule has 0 heterocycles. The molecule has 0 aliphatic carbocycles. The molecule has 0 bridgehead atoms. The molecular weight excluding hydrogens is 238 g/mol. The lowest BCUT2D eigenvalue weighted by atomic mass is 10.2. The van der Waals surface area contributed by atoms with E-state index in [0.29, 0.717) is 0 Å². The summed E-state index contributed by atoms with van der Waals surface area (Å²) in [6.07, 6.45) is -2.23. The molecule has 6 nitrogen and oxygen atoms in total. The number of alkyl carbamates (subject to hydrolysis) is 1. The monoisotopic (exact) mass is 253 g/mol. The molecule has 3 N–H and O–H groups in total. The van der Waals surface area contributed by atoms with Crippen LogP contribution >= 0.6 is 0 Å². The van der Waals surface area contributed by atoms with Crippen molar-refractivity contribution in [2.75, 3.05) is 6.54 Å². The fraction of sp³-hybridized carbons (Fsp3) is 0.333. The van der Waals surface area contributed by atoms with Crippen molar-refractivity contribution in [1.29, 1.82) is 0 Å². The summed E-state index contributed by atoms with van der Waals surface area (Å²) in [4.78, 5) is 21.5. The first-order valence-electron chi connectivity index (χ1n) is 5.42. The maximum atomic E-state index is 11.2. The van der Waals surface area contributed by atoms with Crippen LogP contribution in [-0.2, 0) is 16.1 Å². The normalized spacial score (nSPS) is 11.6. The van der Waals surface area contributed by atoms with Gasteiger partial charge >= 0.3 is 12.1 Å². The fourth-order valence-electron chi connectivity index (χ4n) is 1.25. The first-order chi connectivity index (χ1) is 8.58. The van der Waals surface area contributed by atoms with E-state index in [-0.39, 0.29) is 13.2 Å². The third-order valence-electron chi connectivity index (χ3n) is 2.11. The Balaban J connectivity index is 2.20. The summed E-state index contributed by atoms with van der Waals surface area (Å²) in [6.45, 7) is -0.0262. The number of aliphatic hydroxyl groups is 1. The molecule has 0 radical (unpaired) electrons. The molecule has 0 fully saturated rings. The lowest BCUT2D eigenvalue weighted by Crippen LogP contribution is -2.33. The average molecular weight is 253 g/mol. The van der Waals surface area contributed by atoms with Gasteiger partial charge in [-0.2, -0.15) is 0 Å². The van der Waals surface area contributed by atoms with Gasteiger partial charge in [-0.05, 0) is 5.56 Å². The highest BCUT2D eigenvalue weighted by Gasteiger charge is 2.11. The third-order valence-corrected chi connectivity index (χ3v) is 2.11. The first-order valence-corrected chi connectivity index (χ1v) is 5.42. The highest BCUT2D eigenvalue weighted by atomic mass is 16.5. The highest BCUT2D eigenvalue weighted by molar-refractivity contribution is 5.68. The fourth-order valence-corrected chi connectivity index (χ4v) is 1.25. The number of carbonyl (C=O) groups is 2. The van der Waals surface area contributed by atoms with Crippen molar-refractivity contribution in [2.24, 2.45) is 0 Å². The smallest absolute Gasteiger partial charge is 0.407 e. The number of carboxylic acids is 1. The largest absolute Gasteiger partial charge is 0.481 e. The lowest BCUT2D eigenvalue weighted by molar-refractivity contribution is -0.139. The Hall–Kier alpha value is -2.08. The molecule has 0 saturated heterocycles. The Morgan fingerprint density at radius 1 is 1.28 bits per heavy atom. The van der Waals surface area contributed by atoms with Gasteiger partial charge in [0.1, 0.15) is 6.61 Å². The van der Waals surface area contributed by atoms with Crippen molar-refractivity contribution in [3.05, 3.63) is 35.9 Å². The number of carboxylic acid groups (broad SMARTS) is 1. The predicted octanol–water partition coefficient (Wildman–Crippen LogP) is 0.748. The first kappa shape index (κ1) is 14.0. The van der Waals surface area contributed by atoms with Gasteiger partial charge in [-0.15, -0.1) is 0 Å². The van der Waals surface area contributed by atoms with E-state index in [9.17, 15) is 14.7 Å². The maximum Gasteiger partial charge on any atom is 0.407 e. The summed E-state index contributed by atoms with van der Waals surface area (Å²) in [5.41, 5.74) is 0.846. The molecule has 0 saturated carbocycles. The molecule has 0 aliphatic heterocycles. The summed E-state index contributed by atoms with van der Waals surface area (Å²) in [6, 6.07) is 9.13. The van der Waals surface area contributed by atoms with Crippen LogP contribution in [0.15, 0.2) is 30.3 Å². The number of carbonyl (C=O) groups excluding carboxylic acids is 1. The number of rotatable bonds is 6. The van der Waals surface area contributed by atoms with Gasteiger partial charge in [0.2, 0.25) is 0 Å². The summed E-state index contributed by atoms with van der Waals surface area (Å²) < 4.78 is 4.87. The molecule has 1 amide bonds. The minimum absolute atomic E-state index is 0.127. The van der Waals surface area contributed by atoms with E-state index in [2.05, 4.69) is 5.32 Å². The summed E-state index contributed by atoms with van der Waals surface area (Å²) >= 11 is 0.